The second-order valence-corrected chi connectivity index (χ2v) is 3.68. The Morgan fingerprint density at radius 2 is 2.12 bits per heavy atom. The number of methoxy groups -OCH3 is 1. The highest BCUT2D eigenvalue weighted by molar-refractivity contribution is 5.99. The number of hydrogen-bond donors (Lipinski definition) is 2. The van der Waals surface area contributed by atoms with Crippen molar-refractivity contribution in [1.82, 2.24) is 4.98 Å². The quantitative estimate of drug-likeness (QED) is 0.809. The topological polar surface area (TPSA) is 60.2 Å². The van der Waals surface area contributed by atoms with Crippen molar-refractivity contribution in [3.63, 3.8) is 0 Å². The minimum absolute atomic E-state index is 0.641. The largest absolute Gasteiger partial charge is 0.497 e. The second-order valence-electron chi connectivity index (χ2n) is 3.68. The lowest BCUT2D eigenvalue weighted by molar-refractivity contribution is 0.415. The van der Waals surface area contributed by atoms with Gasteiger partial charge in [-0.05, 0) is 24.6 Å². The van der Waals surface area contributed by atoms with E-state index < -0.39 is 0 Å². The third-order valence-corrected chi connectivity index (χ3v) is 2.65. The average Bonchev–Trinajstić information content (AvgIpc) is 2.28. The standard InChI is InChI=1S/C12H15N3O/c1-7-4-8(16-3)5-9-11(7)15-6-10(13)12(9)14-2/h4-6H,13H2,1-3H3,(H,14,15). The fourth-order valence-corrected chi connectivity index (χ4v) is 1.86. The molecule has 0 radical (unpaired) electrons. The van der Waals surface area contributed by atoms with E-state index in [0.717, 1.165) is 27.9 Å². The number of nitrogens with two attached hydrogens (primary N) is 1. The first-order valence-corrected chi connectivity index (χ1v) is 5.08. The maximum absolute atomic E-state index is 5.87. The van der Waals surface area contributed by atoms with Gasteiger partial charge in [-0.2, -0.15) is 0 Å². The minimum Gasteiger partial charge on any atom is -0.497 e. The highest BCUT2D eigenvalue weighted by Crippen LogP contribution is 2.32. The lowest BCUT2D eigenvalue weighted by Gasteiger charge is -2.11. The number of nitrogens with zero attached hydrogens (tertiary/aromatic N) is 1. The molecule has 0 fully saturated rings. The Morgan fingerprint density at radius 3 is 2.75 bits per heavy atom. The summed E-state index contributed by atoms with van der Waals surface area (Å²) in [6.07, 6.45) is 1.67. The SMILES string of the molecule is CNc1c(N)cnc2c(C)cc(OC)cc12. The van der Waals surface area contributed by atoms with Gasteiger partial charge < -0.3 is 15.8 Å². The van der Waals surface area contributed by atoms with Crippen LogP contribution in [-0.4, -0.2) is 19.1 Å². The number of nitrogen functional groups attached to an aromatic ring is 1. The first-order valence-electron chi connectivity index (χ1n) is 5.08. The van der Waals surface area contributed by atoms with Crippen LogP contribution in [0.2, 0.25) is 0 Å². The predicted octanol–water partition coefficient (Wildman–Crippen LogP) is 2.18. The molecule has 0 spiro atoms. The Bertz CT molecular complexity index is 537. The lowest BCUT2D eigenvalue weighted by Crippen LogP contribution is -1.99. The molecule has 3 N–H and O–H groups in total. The normalized spacial score (nSPS) is 10.4. The second kappa shape index (κ2) is 3.89. The first kappa shape index (κ1) is 10.5. The van der Waals surface area contributed by atoms with E-state index in [-0.39, 0.29) is 0 Å². The lowest BCUT2D eigenvalue weighted by atomic mass is 10.1. The number of anilines is 2. The van der Waals surface area contributed by atoms with E-state index in [1.165, 1.54) is 0 Å². The van der Waals surface area contributed by atoms with Crippen LogP contribution in [0.3, 0.4) is 0 Å². The van der Waals surface area contributed by atoms with Gasteiger partial charge in [0.1, 0.15) is 5.75 Å². The van der Waals surface area contributed by atoms with E-state index in [2.05, 4.69) is 10.3 Å². The van der Waals surface area contributed by atoms with Crippen molar-refractivity contribution >= 4 is 22.3 Å². The highest BCUT2D eigenvalue weighted by atomic mass is 16.5. The molecule has 0 bridgehead atoms. The molecular weight excluding hydrogens is 202 g/mol. The fraction of sp³-hybridized carbons (Fsp3) is 0.250. The van der Waals surface area contributed by atoms with Gasteiger partial charge >= 0.3 is 0 Å². The molecule has 0 atom stereocenters. The van der Waals surface area contributed by atoms with E-state index in [1.807, 2.05) is 26.1 Å². The van der Waals surface area contributed by atoms with Crippen LogP contribution in [0.1, 0.15) is 5.56 Å². The van der Waals surface area contributed by atoms with Gasteiger partial charge in [-0.15, -0.1) is 0 Å². The number of nitrogens with one attached hydrogen (secondary N) is 1. The minimum atomic E-state index is 0.641. The number of rotatable bonds is 2. The van der Waals surface area contributed by atoms with Crippen LogP contribution >= 0.6 is 0 Å². The molecule has 4 nitrogen and oxygen atoms in total. The molecule has 16 heavy (non-hydrogen) atoms. The first-order chi connectivity index (χ1) is 7.67. The van der Waals surface area contributed by atoms with Gasteiger partial charge in [0.25, 0.3) is 0 Å². The van der Waals surface area contributed by atoms with Crippen molar-refractivity contribution in [1.29, 1.82) is 0 Å². The van der Waals surface area contributed by atoms with Gasteiger partial charge in [0.2, 0.25) is 0 Å². The van der Waals surface area contributed by atoms with Gasteiger partial charge in [-0.1, -0.05) is 0 Å². The van der Waals surface area contributed by atoms with Crippen LogP contribution in [0.15, 0.2) is 18.3 Å². The zero-order valence-corrected chi connectivity index (χ0v) is 9.66. The van der Waals surface area contributed by atoms with Gasteiger partial charge in [0.05, 0.1) is 30.2 Å². The summed E-state index contributed by atoms with van der Waals surface area (Å²) in [5.41, 5.74) is 9.43. The van der Waals surface area contributed by atoms with E-state index in [0.29, 0.717) is 5.69 Å². The highest BCUT2D eigenvalue weighted by Gasteiger charge is 2.08. The van der Waals surface area contributed by atoms with Gasteiger partial charge in [0.15, 0.2) is 0 Å². The Kier molecular flexibility index (Phi) is 2.56. The molecule has 2 rings (SSSR count). The number of ether oxygens (including phenoxy) is 1. The number of benzene rings is 1. The Morgan fingerprint density at radius 1 is 1.38 bits per heavy atom. The maximum Gasteiger partial charge on any atom is 0.119 e. The number of aryl methyl sites for hydroxylation is 1. The van der Waals surface area contributed by atoms with Crippen molar-refractivity contribution in [2.24, 2.45) is 0 Å². The van der Waals surface area contributed by atoms with E-state index >= 15 is 0 Å². The van der Waals surface area contributed by atoms with Crippen LogP contribution < -0.4 is 15.8 Å². The molecule has 1 heterocycles. The number of aromatic nitrogens is 1. The third-order valence-electron chi connectivity index (χ3n) is 2.65. The van der Waals surface area contributed by atoms with Crippen LogP contribution in [0, 0.1) is 6.92 Å². The molecule has 0 aliphatic heterocycles. The number of pyridine rings is 1. The molecule has 0 aliphatic carbocycles. The zero-order valence-electron chi connectivity index (χ0n) is 9.66. The third kappa shape index (κ3) is 1.52. The van der Waals surface area contributed by atoms with Gasteiger partial charge in [-0.25, -0.2) is 0 Å². The van der Waals surface area contributed by atoms with Crippen LogP contribution in [-0.2, 0) is 0 Å². The van der Waals surface area contributed by atoms with Crippen molar-refractivity contribution in [3.05, 3.63) is 23.9 Å². The Balaban J connectivity index is 2.85. The fourth-order valence-electron chi connectivity index (χ4n) is 1.86. The smallest absolute Gasteiger partial charge is 0.119 e. The summed E-state index contributed by atoms with van der Waals surface area (Å²) in [7, 11) is 3.50. The van der Waals surface area contributed by atoms with E-state index in [9.17, 15) is 0 Å². The summed E-state index contributed by atoms with van der Waals surface area (Å²) in [4.78, 5) is 4.34. The molecule has 0 unspecified atom stereocenters. The Hall–Kier alpha value is -1.97. The molecule has 0 saturated carbocycles. The summed E-state index contributed by atoms with van der Waals surface area (Å²) in [6.45, 7) is 2.01. The molecule has 84 valence electrons. The van der Waals surface area contributed by atoms with Gasteiger partial charge in [0, 0.05) is 12.4 Å². The van der Waals surface area contributed by atoms with Crippen LogP contribution in [0.4, 0.5) is 11.4 Å². The van der Waals surface area contributed by atoms with E-state index in [1.54, 1.807) is 13.3 Å². The van der Waals surface area contributed by atoms with Crippen molar-refractivity contribution < 1.29 is 4.74 Å². The van der Waals surface area contributed by atoms with Crippen LogP contribution in [0.25, 0.3) is 10.9 Å². The molecule has 1 aromatic heterocycles. The molecule has 1 aromatic carbocycles. The van der Waals surface area contributed by atoms with E-state index in [4.69, 9.17) is 10.5 Å². The molecule has 0 saturated heterocycles. The van der Waals surface area contributed by atoms with Crippen LogP contribution in [0.5, 0.6) is 5.75 Å². The van der Waals surface area contributed by atoms with Gasteiger partial charge in [-0.3, -0.25) is 4.98 Å². The van der Waals surface area contributed by atoms with Crippen molar-refractivity contribution in [3.8, 4) is 5.75 Å². The summed E-state index contributed by atoms with van der Waals surface area (Å²) >= 11 is 0. The number of hydrogen-bond acceptors (Lipinski definition) is 4. The van der Waals surface area contributed by atoms with Crippen molar-refractivity contribution in [2.75, 3.05) is 25.2 Å². The molecule has 2 aromatic rings. The summed E-state index contributed by atoms with van der Waals surface area (Å²) in [6, 6.07) is 3.91. The molecular formula is C12H15N3O. The van der Waals surface area contributed by atoms with Crippen molar-refractivity contribution in [2.45, 2.75) is 6.92 Å². The molecule has 0 amide bonds. The molecule has 0 aliphatic rings. The summed E-state index contributed by atoms with van der Waals surface area (Å²) in [5, 5.41) is 4.08. The Labute approximate surface area is 94.4 Å². The zero-order chi connectivity index (χ0) is 11.7. The monoisotopic (exact) mass is 217 g/mol. The summed E-state index contributed by atoms with van der Waals surface area (Å²) < 4.78 is 5.25. The predicted molar refractivity (Wildman–Crippen MR) is 67.0 cm³/mol. The molecule has 4 heteroatoms. The number of fused-ring (bicyclic) bond motifs is 1. The maximum atomic E-state index is 5.87. The average molecular weight is 217 g/mol. The summed E-state index contributed by atoms with van der Waals surface area (Å²) in [5.74, 6) is 0.814.